The van der Waals surface area contributed by atoms with E-state index in [2.05, 4.69) is 29.4 Å². The van der Waals surface area contributed by atoms with Gasteiger partial charge in [0.05, 0.1) is 0 Å². The molecular weight excluding hydrogens is 216 g/mol. The first kappa shape index (κ1) is 12.7. The molecule has 0 saturated carbocycles. The fourth-order valence-electron chi connectivity index (χ4n) is 3.06. The van der Waals surface area contributed by atoms with Crippen LogP contribution < -0.4 is 0 Å². The van der Waals surface area contributed by atoms with Gasteiger partial charge >= 0.3 is 0 Å². The molecule has 0 spiro atoms. The lowest BCUT2D eigenvalue weighted by Gasteiger charge is -2.25. The fourth-order valence-corrected chi connectivity index (χ4v) is 3.44. The van der Waals surface area contributed by atoms with Crippen molar-refractivity contribution in [1.29, 1.82) is 0 Å². The molecule has 0 radical (unpaired) electrons. The maximum absolute atomic E-state index is 4.44. The summed E-state index contributed by atoms with van der Waals surface area (Å²) >= 11 is 4.44. The smallest absolute Gasteiger partial charge is 0.0235 e. The minimum atomic E-state index is 0.792. The van der Waals surface area contributed by atoms with Crippen molar-refractivity contribution in [2.75, 3.05) is 38.5 Å². The molecule has 0 aromatic heterocycles. The van der Waals surface area contributed by atoms with Gasteiger partial charge in [-0.2, -0.15) is 12.6 Å². The van der Waals surface area contributed by atoms with Gasteiger partial charge in [-0.1, -0.05) is 13.3 Å². The van der Waals surface area contributed by atoms with Crippen LogP contribution in [0.15, 0.2) is 0 Å². The highest BCUT2D eigenvalue weighted by Gasteiger charge is 2.29. The van der Waals surface area contributed by atoms with Crippen LogP contribution in [0, 0.1) is 5.92 Å². The second kappa shape index (κ2) is 6.27. The second-order valence-electron chi connectivity index (χ2n) is 5.40. The number of likely N-dealkylation sites (tertiary alicyclic amines) is 2. The van der Waals surface area contributed by atoms with Crippen LogP contribution in [0.3, 0.4) is 0 Å². The fraction of sp³-hybridized carbons (Fsp3) is 1.00. The van der Waals surface area contributed by atoms with Gasteiger partial charge in [-0.15, -0.1) is 0 Å². The number of rotatable bonds is 5. The lowest BCUT2D eigenvalue weighted by atomic mass is 10.1. The summed E-state index contributed by atoms with van der Waals surface area (Å²) in [7, 11) is 0. The first-order valence-corrected chi connectivity index (χ1v) is 7.54. The van der Waals surface area contributed by atoms with Crippen molar-refractivity contribution in [2.24, 2.45) is 5.92 Å². The van der Waals surface area contributed by atoms with Gasteiger partial charge in [0, 0.05) is 19.1 Å². The van der Waals surface area contributed by atoms with E-state index in [0.29, 0.717) is 0 Å². The normalized spacial score (nSPS) is 30.0. The predicted molar refractivity (Wildman–Crippen MR) is 73.3 cm³/mol. The Morgan fingerprint density at radius 3 is 2.62 bits per heavy atom. The van der Waals surface area contributed by atoms with Crippen LogP contribution in [0.5, 0.6) is 0 Å². The van der Waals surface area contributed by atoms with E-state index in [1.54, 1.807) is 0 Å². The molecule has 2 fully saturated rings. The Morgan fingerprint density at radius 1 is 1.25 bits per heavy atom. The molecule has 2 nitrogen and oxygen atoms in total. The number of hydrogen-bond donors (Lipinski definition) is 1. The van der Waals surface area contributed by atoms with Crippen LogP contribution in [0.4, 0.5) is 0 Å². The lowest BCUT2D eigenvalue weighted by molar-refractivity contribution is 0.221. The largest absolute Gasteiger partial charge is 0.301 e. The number of thiol groups is 1. The Balaban J connectivity index is 1.74. The average Bonchev–Trinajstić information content (AvgIpc) is 2.96. The summed E-state index contributed by atoms with van der Waals surface area (Å²) in [6.07, 6.45) is 5.51. The van der Waals surface area contributed by atoms with Crippen LogP contribution in [0.25, 0.3) is 0 Å². The third-order valence-electron chi connectivity index (χ3n) is 4.26. The highest BCUT2D eigenvalue weighted by Crippen LogP contribution is 2.21. The monoisotopic (exact) mass is 242 g/mol. The number of hydrogen-bond acceptors (Lipinski definition) is 3. The van der Waals surface area contributed by atoms with E-state index in [1.165, 1.54) is 58.4 Å². The molecule has 2 unspecified atom stereocenters. The molecule has 0 aromatic carbocycles. The molecule has 0 aromatic rings. The molecule has 0 amide bonds. The molecule has 2 heterocycles. The number of nitrogens with zero attached hydrogens (tertiary/aromatic N) is 2. The predicted octanol–water partition coefficient (Wildman–Crippen LogP) is 2.11. The quantitative estimate of drug-likeness (QED) is 0.738. The molecule has 2 aliphatic heterocycles. The topological polar surface area (TPSA) is 6.48 Å². The summed E-state index contributed by atoms with van der Waals surface area (Å²) < 4.78 is 0. The van der Waals surface area contributed by atoms with Crippen molar-refractivity contribution >= 4 is 12.6 Å². The second-order valence-corrected chi connectivity index (χ2v) is 5.77. The zero-order chi connectivity index (χ0) is 11.4. The Kier molecular flexibility index (Phi) is 4.98. The van der Waals surface area contributed by atoms with Gasteiger partial charge in [-0.3, -0.25) is 4.90 Å². The Labute approximate surface area is 106 Å². The molecule has 0 aliphatic carbocycles. The third kappa shape index (κ3) is 3.14. The summed E-state index contributed by atoms with van der Waals surface area (Å²) in [5.41, 5.74) is 0. The Bertz CT molecular complexity index is 200. The Morgan fingerprint density at radius 2 is 2.00 bits per heavy atom. The first-order valence-electron chi connectivity index (χ1n) is 6.90. The molecule has 3 heteroatoms. The van der Waals surface area contributed by atoms with E-state index in [4.69, 9.17) is 0 Å². The minimum absolute atomic E-state index is 0.792. The van der Waals surface area contributed by atoms with Gasteiger partial charge in [0.2, 0.25) is 0 Å². The van der Waals surface area contributed by atoms with Crippen LogP contribution in [0.2, 0.25) is 0 Å². The molecule has 2 aliphatic rings. The maximum atomic E-state index is 4.44. The molecule has 94 valence electrons. The SMILES string of the molecule is CCC(CS)CN1CCC(N2CCCC2)C1. The van der Waals surface area contributed by atoms with Crippen LogP contribution in [-0.2, 0) is 0 Å². The van der Waals surface area contributed by atoms with E-state index in [1.807, 2.05) is 0 Å². The highest BCUT2D eigenvalue weighted by atomic mass is 32.1. The third-order valence-corrected chi connectivity index (χ3v) is 4.77. The van der Waals surface area contributed by atoms with E-state index >= 15 is 0 Å². The molecule has 16 heavy (non-hydrogen) atoms. The van der Waals surface area contributed by atoms with Gasteiger partial charge in [-0.25, -0.2) is 0 Å². The summed E-state index contributed by atoms with van der Waals surface area (Å²) in [5, 5.41) is 0. The summed E-state index contributed by atoms with van der Waals surface area (Å²) in [5.74, 6) is 1.84. The lowest BCUT2D eigenvalue weighted by Crippen LogP contribution is -2.36. The van der Waals surface area contributed by atoms with E-state index < -0.39 is 0 Å². The first-order chi connectivity index (χ1) is 7.83. The minimum Gasteiger partial charge on any atom is -0.301 e. The van der Waals surface area contributed by atoms with Crippen molar-refractivity contribution in [3.63, 3.8) is 0 Å². The van der Waals surface area contributed by atoms with Crippen LogP contribution in [0.1, 0.15) is 32.6 Å². The summed E-state index contributed by atoms with van der Waals surface area (Å²) in [6, 6.07) is 0.861. The van der Waals surface area contributed by atoms with Gasteiger partial charge in [0.25, 0.3) is 0 Å². The van der Waals surface area contributed by atoms with E-state index in [9.17, 15) is 0 Å². The van der Waals surface area contributed by atoms with Gasteiger partial charge < -0.3 is 4.90 Å². The van der Waals surface area contributed by atoms with Crippen LogP contribution >= 0.6 is 12.6 Å². The van der Waals surface area contributed by atoms with E-state index in [-0.39, 0.29) is 0 Å². The van der Waals surface area contributed by atoms with E-state index in [0.717, 1.165) is 17.7 Å². The summed E-state index contributed by atoms with van der Waals surface area (Å²) in [6.45, 7) is 8.87. The summed E-state index contributed by atoms with van der Waals surface area (Å²) in [4.78, 5) is 5.37. The van der Waals surface area contributed by atoms with Gasteiger partial charge in [0.1, 0.15) is 0 Å². The van der Waals surface area contributed by atoms with Crippen molar-refractivity contribution in [3.05, 3.63) is 0 Å². The molecule has 0 N–H and O–H groups in total. The van der Waals surface area contributed by atoms with Crippen molar-refractivity contribution in [2.45, 2.75) is 38.6 Å². The van der Waals surface area contributed by atoms with Crippen molar-refractivity contribution in [3.8, 4) is 0 Å². The molecule has 0 bridgehead atoms. The molecule has 2 atom stereocenters. The zero-order valence-electron chi connectivity index (χ0n) is 10.6. The molecule has 2 saturated heterocycles. The van der Waals surface area contributed by atoms with Crippen molar-refractivity contribution in [1.82, 2.24) is 9.80 Å². The van der Waals surface area contributed by atoms with Gasteiger partial charge in [-0.05, 0) is 50.6 Å². The van der Waals surface area contributed by atoms with Crippen LogP contribution in [-0.4, -0.2) is 54.3 Å². The average molecular weight is 242 g/mol. The highest BCUT2D eigenvalue weighted by molar-refractivity contribution is 7.80. The standard InChI is InChI=1S/C13H26N2S/c1-2-12(11-16)9-14-8-5-13(10-14)15-6-3-4-7-15/h12-13,16H,2-11H2,1H3. The zero-order valence-corrected chi connectivity index (χ0v) is 11.5. The maximum Gasteiger partial charge on any atom is 0.0235 e. The molecule has 2 rings (SSSR count). The van der Waals surface area contributed by atoms with Crippen molar-refractivity contribution < 1.29 is 0 Å². The van der Waals surface area contributed by atoms with Gasteiger partial charge in [0.15, 0.2) is 0 Å². The Hall–Kier alpha value is 0.270. The molecular formula is C13H26N2S.